The molecule has 0 saturated carbocycles. The highest BCUT2D eigenvalue weighted by Crippen LogP contribution is 2.15. The second-order valence-electron chi connectivity index (χ2n) is 7.31. The molecule has 1 saturated heterocycles. The van der Waals surface area contributed by atoms with Gasteiger partial charge < -0.3 is 0 Å². The zero-order valence-electron chi connectivity index (χ0n) is 15.2. The first-order valence-corrected chi connectivity index (χ1v) is 9.23. The van der Waals surface area contributed by atoms with Crippen LogP contribution in [0.15, 0.2) is 48.5 Å². The molecule has 24 heavy (non-hydrogen) atoms. The van der Waals surface area contributed by atoms with E-state index in [1.165, 1.54) is 54.6 Å². The van der Waals surface area contributed by atoms with Gasteiger partial charge in [-0.1, -0.05) is 60.5 Å². The maximum atomic E-state index is 2.59. The third kappa shape index (κ3) is 5.19. The molecule has 0 radical (unpaired) electrons. The normalized spacial score (nSPS) is 15.8. The van der Waals surface area contributed by atoms with Crippen LogP contribution in [-0.4, -0.2) is 29.9 Å². The summed E-state index contributed by atoms with van der Waals surface area (Å²) in [5, 5.41) is 0. The molecule has 0 aromatic heterocycles. The molecule has 2 aromatic rings. The third-order valence-corrected chi connectivity index (χ3v) is 4.90. The first kappa shape index (κ1) is 17.2. The number of hydrogen-bond donors (Lipinski definition) is 0. The van der Waals surface area contributed by atoms with Crippen molar-refractivity contribution in [2.45, 2.75) is 45.8 Å². The summed E-state index contributed by atoms with van der Waals surface area (Å²) in [6.45, 7) is 7.77. The highest BCUT2D eigenvalue weighted by Gasteiger charge is 2.10. The topological polar surface area (TPSA) is 6.48 Å². The van der Waals surface area contributed by atoms with Crippen molar-refractivity contribution in [1.29, 1.82) is 0 Å². The third-order valence-electron chi connectivity index (χ3n) is 4.90. The Balaban J connectivity index is 1.50. The monoisotopic (exact) mass is 322 g/mol. The lowest BCUT2D eigenvalue weighted by Crippen LogP contribution is -2.29. The van der Waals surface area contributed by atoms with E-state index in [1.54, 1.807) is 0 Å². The van der Waals surface area contributed by atoms with Gasteiger partial charge in [0.25, 0.3) is 0 Å². The van der Waals surface area contributed by atoms with Gasteiger partial charge in [0.2, 0.25) is 0 Å². The zero-order chi connectivity index (χ0) is 16.8. The van der Waals surface area contributed by atoms with Gasteiger partial charge in [-0.05, 0) is 56.6 Å². The minimum absolute atomic E-state index is 0.996. The number of rotatable bonds is 6. The predicted octanol–water partition coefficient (Wildman–Crippen LogP) is 4.61. The molecule has 1 heterocycles. The van der Waals surface area contributed by atoms with E-state index in [4.69, 9.17) is 0 Å². The molecule has 0 bridgehead atoms. The molecule has 0 spiro atoms. The molecule has 2 aromatic carbocycles. The van der Waals surface area contributed by atoms with Gasteiger partial charge in [-0.2, -0.15) is 0 Å². The number of benzene rings is 2. The summed E-state index contributed by atoms with van der Waals surface area (Å²) in [6, 6.07) is 18.1. The Bertz CT molecular complexity index is 609. The highest BCUT2D eigenvalue weighted by atomic mass is 15.1. The lowest BCUT2D eigenvalue weighted by atomic mass is 10.1. The van der Waals surface area contributed by atoms with E-state index >= 15 is 0 Å². The lowest BCUT2D eigenvalue weighted by molar-refractivity contribution is 0.221. The van der Waals surface area contributed by atoms with Gasteiger partial charge in [0.05, 0.1) is 0 Å². The molecule has 3 rings (SSSR count). The summed E-state index contributed by atoms with van der Waals surface area (Å²) in [6.07, 6.45) is 4.13. The number of piperidine rings is 1. The van der Waals surface area contributed by atoms with Gasteiger partial charge >= 0.3 is 0 Å². The Hall–Kier alpha value is -1.64. The van der Waals surface area contributed by atoms with Gasteiger partial charge in [-0.15, -0.1) is 0 Å². The van der Waals surface area contributed by atoms with Crippen LogP contribution >= 0.6 is 0 Å². The number of nitrogens with zero attached hydrogens (tertiary/aromatic N) is 2. The van der Waals surface area contributed by atoms with E-state index in [0.29, 0.717) is 0 Å². The van der Waals surface area contributed by atoms with Crippen LogP contribution in [0.1, 0.15) is 41.5 Å². The SMILES string of the molecule is Cc1ccc(CN(C)Cc2ccc(CN3CCCCC3)cc2)cc1. The molecule has 1 aliphatic rings. The van der Waals surface area contributed by atoms with Crippen LogP contribution in [0.5, 0.6) is 0 Å². The van der Waals surface area contributed by atoms with Crippen molar-refractivity contribution in [3.05, 3.63) is 70.8 Å². The van der Waals surface area contributed by atoms with Crippen LogP contribution in [0.2, 0.25) is 0 Å². The van der Waals surface area contributed by atoms with E-state index < -0.39 is 0 Å². The van der Waals surface area contributed by atoms with Gasteiger partial charge in [-0.25, -0.2) is 0 Å². The first-order valence-electron chi connectivity index (χ1n) is 9.23. The minimum atomic E-state index is 0.996. The van der Waals surface area contributed by atoms with Crippen molar-refractivity contribution < 1.29 is 0 Å². The lowest BCUT2D eigenvalue weighted by Gasteiger charge is -2.26. The molecular formula is C22H30N2. The molecule has 0 atom stereocenters. The van der Waals surface area contributed by atoms with Crippen LogP contribution in [0.3, 0.4) is 0 Å². The van der Waals surface area contributed by atoms with E-state index in [1.807, 2.05) is 0 Å². The van der Waals surface area contributed by atoms with E-state index in [0.717, 1.165) is 19.6 Å². The molecule has 1 fully saturated rings. The minimum Gasteiger partial charge on any atom is -0.299 e. The van der Waals surface area contributed by atoms with E-state index in [2.05, 4.69) is 72.3 Å². The standard InChI is InChI=1S/C22H30N2/c1-19-6-8-20(9-7-19)16-23(2)17-21-10-12-22(13-11-21)18-24-14-4-3-5-15-24/h6-13H,3-5,14-18H2,1-2H3. The quantitative estimate of drug-likeness (QED) is 0.766. The van der Waals surface area contributed by atoms with Gasteiger partial charge in [0.15, 0.2) is 0 Å². The second kappa shape index (κ2) is 8.46. The highest BCUT2D eigenvalue weighted by molar-refractivity contribution is 5.23. The Morgan fingerprint density at radius 3 is 1.83 bits per heavy atom. The zero-order valence-corrected chi connectivity index (χ0v) is 15.2. The summed E-state index contributed by atoms with van der Waals surface area (Å²) in [5.41, 5.74) is 5.55. The van der Waals surface area contributed by atoms with Crippen LogP contribution < -0.4 is 0 Å². The number of aryl methyl sites for hydroxylation is 1. The first-order chi connectivity index (χ1) is 11.7. The van der Waals surface area contributed by atoms with Crippen molar-refractivity contribution >= 4 is 0 Å². The molecule has 0 aliphatic carbocycles. The van der Waals surface area contributed by atoms with Crippen molar-refractivity contribution in [2.75, 3.05) is 20.1 Å². The summed E-state index contributed by atoms with van der Waals surface area (Å²) >= 11 is 0. The number of hydrogen-bond acceptors (Lipinski definition) is 2. The van der Waals surface area contributed by atoms with Gasteiger partial charge in [-0.3, -0.25) is 9.80 Å². The fraction of sp³-hybridized carbons (Fsp3) is 0.455. The molecule has 0 N–H and O–H groups in total. The molecule has 128 valence electrons. The van der Waals surface area contributed by atoms with Crippen LogP contribution in [-0.2, 0) is 19.6 Å². The molecule has 2 heteroatoms. The summed E-state index contributed by atoms with van der Waals surface area (Å²) in [5.74, 6) is 0. The van der Waals surface area contributed by atoms with Gasteiger partial charge in [0, 0.05) is 19.6 Å². The van der Waals surface area contributed by atoms with E-state index in [9.17, 15) is 0 Å². The molecule has 0 unspecified atom stereocenters. The Morgan fingerprint density at radius 1 is 0.750 bits per heavy atom. The Morgan fingerprint density at radius 2 is 1.25 bits per heavy atom. The maximum absolute atomic E-state index is 2.59. The summed E-state index contributed by atoms with van der Waals surface area (Å²) < 4.78 is 0. The average Bonchev–Trinajstić information content (AvgIpc) is 2.60. The van der Waals surface area contributed by atoms with E-state index in [-0.39, 0.29) is 0 Å². The average molecular weight is 322 g/mol. The maximum Gasteiger partial charge on any atom is 0.0234 e. The van der Waals surface area contributed by atoms with Crippen molar-refractivity contribution in [3.8, 4) is 0 Å². The molecule has 2 nitrogen and oxygen atoms in total. The van der Waals surface area contributed by atoms with Crippen molar-refractivity contribution in [1.82, 2.24) is 9.80 Å². The van der Waals surface area contributed by atoms with Crippen molar-refractivity contribution in [2.24, 2.45) is 0 Å². The fourth-order valence-electron chi connectivity index (χ4n) is 3.50. The number of likely N-dealkylation sites (tertiary alicyclic amines) is 1. The summed E-state index contributed by atoms with van der Waals surface area (Å²) in [4.78, 5) is 4.96. The smallest absolute Gasteiger partial charge is 0.0234 e. The Labute approximate surface area is 147 Å². The fourth-order valence-corrected chi connectivity index (χ4v) is 3.50. The molecule has 0 amide bonds. The van der Waals surface area contributed by atoms with Crippen LogP contribution in [0.4, 0.5) is 0 Å². The van der Waals surface area contributed by atoms with Crippen molar-refractivity contribution in [3.63, 3.8) is 0 Å². The molecule has 1 aliphatic heterocycles. The largest absolute Gasteiger partial charge is 0.299 e. The summed E-state index contributed by atoms with van der Waals surface area (Å²) in [7, 11) is 2.20. The van der Waals surface area contributed by atoms with Gasteiger partial charge in [0.1, 0.15) is 0 Å². The van der Waals surface area contributed by atoms with Crippen LogP contribution in [0, 0.1) is 6.92 Å². The van der Waals surface area contributed by atoms with Crippen LogP contribution in [0.25, 0.3) is 0 Å². The second-order valence-corrected chi connectivity index (χ2v) is 7.31. The Kier molecular flexibility index (Phi) is 6.06. The predicted molar refractivity (Wildman–Crippen MR) is 102 cm³/mol. The molecular weight excluding hydrogens is 292 g/mol.